The Labute approximate surface area is 103 Å². The average Bonchev–Trinajstić information content (AvgIpc) is 1.96. The van der Waals surface area contributed by atoms with E-state index in [1.54, 1.807) is 0 Å². The standard InChI is InChI=1S/C8H18O3S.Na/c1-3-4-5-6-7-8(2)12(9,10)11;/h8H,3-7H2,1-2H3,(H,9,10,11);/q;+1/p-1. The largest absolute Gasteiger partial charge is 1.00 e. The summed E-state index contributed by atoms with van der Waals surface area (Å²) >= 11 is 0. The maximum atomic E-state index is 10.4. The minimum atomic E-state index is -4.04. The van der Waals surface area contributed by atoms with E-state index in [1.165, 1.54) is 6.92 Å². The molecule has 74 valence electrons. The Bertz CT molecular complexity index is 201. The van der Waals surface area contributed by atoms with Crippen molar-refractivity contribution in [2.75, 3.05) is 0 Å². The van der Waals surface area contributed by atoms with Crippen molar-refractivity contribution in [2.24, 2.45) is 0 Å². The smallest absolute Gasteiger partial charge is 0.748 e. The van der Waals surface area contributed by atoms with Crippen molar-refractivity contribution in [3.05, 3.63) is 0 Å². The molecule has 3 nitrogen and oxygen atoms in total. The van der Waals surface area contributed by atoms with E-state index in [9.17, 15) is 13.0 Å². The van der Waals surface area contributed by atoms with Crippen LogP contribution in [0.2, 0.25) is 0 Å². The molecule has 0 aromatic carbocycles. The summed E-state index contributed by atoms with van der Waals surface area (Å²) in [6.07, 6.45) is 4.61. The van der Waals surface area contributed by atoms with Gasteiger partial charge in [-0.15, -0.1) is 0 Å². The molecule has 0 heterocycles. The summed E-state index contributed by atoms with van der Waals surface area (Å²) < 4.78 is 31.3. The fourth-order valence-electron chi connectivity index (χ4n) is 1.00. The van der Waals surface area contributed by atoms with Crippen molar-refractivity contribution in [2.45, 2.75) is 51.2 Å². The zero-order valence-electron chi connectivity index (χ0n) is 8.75. The van der Waals surface area contributed by atoms with Crippen molar-refractivity contribution >= 4 is 10.1 Å². The van der Waals surface area contributed by atoms with Gasteiger partial charge in [-0.3, -0.25) is 0 Å². The van der Waals surface area contributed by atoms with Gasteiger partial charge in [0.15, 0.2) is 0 Å². The van der Waals surface area contributed by atoms with E-state index in [-0.39, 0.29) is 29.6 Å². The number of hydrogen-bond acceptors (Lipinski definition) is 3. The predicted octanol–water partition coefficient (Wildman–Crippen LogP) is -1.11. The quantitative estimate of drug-likeness (QED) is 0.321. The number of rotatable bonds is 6. The summed E-state index contributed by atoms with van der Waals surface area (Å²) in [6, 6.07) is 0. The van der Waals surface area contributed by atoms with Crippen molar-refractivity contribution in [1.29, 1.82) is 0 Å². The third kappa shape index (κ3) is 9.22. The molecule has 5 heteroatoms. The van der Waals surface area contributed by atoms with Gasteiger partial charge in [0, 0.05) is 5.25 Å². The Hall–Kier alpha value is 0.910. The van der Waals surface area contributed by atoms with Gasteiger partial charge in [0.2, 0.25) is 0 Å². The summed E-state index contributed by atoms with van der Waals surface area (Å²) in [7, 11) is -4.04. The first-order valence-electron chi connectivity index (χ1n) is 4.43. The maximum absolute atomic E-state index is 10.4. The van der Waals surface area contributed by atoms with E-state index in [4.69, 9.17) is 0 Å². The molecule has 0 spiro atoms. The summed E-state index contributed by atoms with van der Waals surface area (Å²) in [5.74, 6) is 0. The van der Waals surface area contributed by atoms with Crippen LogP contribution in [0.3, 0.4) is 0 Å². The molecule has 0 saturated carbocycles. The van der Waals surface area contributed by atoms with E-state index in [1.807, 2.05) is 0 Å². The molecule has 0 aliphatic heterocycles. The maximum Gasteiger partial charge on any atom is 1.00 e. The Morgan fingerprint density at radius 3 is 2.15 bits per heavy atom. The van der Waals surface area contributed by atoms with Crippen LogP contribution in [-0.2, 0) is 10.1 Å². The Kier molecular flexibility index (Phi) is 10.4. The zero-order chi connectivity index (χ0) is 9.61. The first kappa shape index (κ1) is 16.3. The molecular weight excluding hydrogens is 199 g/mol. The van der Waals surface area contributed by atoms with Gasteiger partial charge in [-0.1, -0.05) is 32.6 Å². The molecule has 0 fully saturated rings. The molecule has 13 heavy (non-hydrogen) atoms. The molecule has 0 aliphatic carbocycles. The summed E-state index contributed by atoms with van der Waals surface area (Å²) in [5.41, 5.74) is 0. The summed E-state index contributed by atoms with van der Waals surface area (Å²) in [6.45, 7) is 3.57. The van der Waals surface area contributed by atoms with Crippen molar-refractivity contribution in [3.8, 4) is 0 Å². The fraction of sp³-hybridized carbons (Fsp3) is 1.00. The van der Waals surface area contributed by atoms with Crippen molar-refractivity contribution in [1.82, 2.24) is 0 Å². The van der Waals surface area contributed by atoms with Gasteiger partial charge in [0.25, 0.3) is 0 Å². The second kappa shape index (κ2) is 8.24. The summed E-state index contributed by atoms with van der Waals surface area (Å²) in [4.78, 5) is 0. The third-order valence-electron chi connectivity index (χ3n) is 1.96. The molecule has 0 bridgehead atoms. The van der Waals surface area contributed by atoms with Crippen LogP contribution in [0.1, 0.15) is 46.0 Å². The minimum absolute atomic E-state index is 0. The number of unbranched alkanes of at least 4 members (excludes halogenated alkanes) is 3. The van der Waals surface area contributed by atoms with Crippen LogP contribution in [0.15, 0.2) is 0 Å². The zero-order valence-corrected chi connectivity index (χ0v) is 11.6. The molecule has 0 rings (SSSR count). The molecule has 0 radical (unpaired) electrons. The van der Waals surface area contributed by atoms with Gasteiger partial charge in [-0.05, 0) is 13.3 Å². The molecule has 0 aromatic rings. The first-order chi connectivity index (χ1) is 5.48. The Morgan fingerprint density at radius 1 is 1.23 bits per heavy atom. The molecule has 0 saturated heterocycles. The predicted molar refractivity (Wildman–Crippen MR) is 47.9 cm³/mol. The van der Waals surface area contributed by atoms with E-state index < -0.39 is 15.4 Å². The summed E-state index contributed by atoms with van der Waals surface area (Å²) in [5, 5.41) is -0.714. The third-order valence-corrected chi connectivity index (χ3v) is 3.18. The van der Waals surface area contributed by atoms with Gasteiger partial charge in [-0.25, -0.2) is 8.42 Å². The molecule has 0 aliphatic rings. The molecule has 0 N–H and O–H groups in total. The molecular formula is C8H17NaO3S. The van der Waals surface area contributed by atoms with Crippen molar-refractivity contribution < 1.29 is 42.5 Å². The molecule has 0 amide bonds. The second-order valence-electron chi connectivity index (χ2n) is 3.15. The molecule has 1 unspecified atom stereocenters. The first-order valence-corrected chi connectivity index (χ1v) is 5.90. The Balaban J connectivity index is 0. The van der Waals surface area contributed by atoms with Crippen LogP contribution in [0.5, 0.6) is 0 Å². The van der Waals surface area contributed by atoms with Crippen LogP contribution in [-0.4, -0.2) is 18.2 Å². The number of hydrogen-bond donors (Lipinski definition) is 0. The van der Waals surface area contributed by atoms with Crippen LogP contribution in [0, 0.1) is 0 Å². The average molecular weight is 216 g/mol. The normalized spacial score (nSPS) is 13.5. The fourth-order valence-corrected chi connectivity index (χ4v) is 1.46. The van der Waals surface area contributed by atoms with Crippen LogP contribution in [0.4, 0.5) is 0 Å². The van der Waals surface area contributed by atoms with Crippen LogP contribution < -0.4 is 29.6 Å². The van der Waals surface area contributed by atoms with E-state index in [0.717, 1.165) is 25.7 Å². The SMILES string of the molecule is CCCCCCC(C)S(=O)(=O)[O-].[Na+]. The van der Waals surface area contributed by atoms with Gasteiger partial charge >= 0.3 is 29.6 Å². The van der Waals surface area contributed by atoms with Crippen molar-refractivity contribution in [3.63, 3.8) is 0 Å². The Morgan fingerprint density at radius 2 is 1.77 bits per heavy atom. The van der Waals surface area contributed by atoms with Crippen LogP contribution in [0.25, 0.3) is 0 Å². The van der Waals surface area contributed by atoms with Gasteiger partial charge in [-0.2, -0.15) is 0 Å². The van der Waals surface area contributed by atoms with Crippen LogP contribution >= 0.6 is 0 Å². The van der Waals surface area contributed by atoms with Gasteiger partial charge in [0.05, 0.1) is 10.1 Å². The molecule has 0 aromatic heterocycles. The monoisotopic (exact) mass is 216 g/mol. The molecule has 1 atom stereocenters. The topological polar surface area (TPSA) is 57.2 Å². The van der Waals surface area contributed by atoms with E-state index in [0.29, 0.717) is 6.42 Å². The second-order valence-corrected chi connectivity index (χ2v) is 4.94. The van der Waals surface area contributed by atoms with E-state index >= 15 is 0 Å². The van der Waals surface area contributed by atoms with Gasteiger partial charge < -0.3 is 4.55 Å². The minimum Gasteiger partial charge on any atom is -0.748 e. The van der Waals surface area contributed by atoms with E-state index in [2.05, 4.69) is 6.92 Å². The van der Waals surface area contributed by atoms with Gasteiger partial charge in [0.1, 0.15) is 0 Å².